The van der Waals surface area contributed by atoms with E-state index in [2.05, 4.69) is 71.6 Å². The topological polar surface area (TPSA) is 21.3 Å². The van der Waals surface area contributed by atoms with Gasteiger partial charge >= 0.3 is 0 Å². The van der Waals surface area contributed by atoms with E-state index in [-0.39, 0.29) is 11.1 Å². The van der Waals surface area contributed by atoms with E-state index in [4.69, 9.17) is 4.74 Å². The van der Waals surface area contributed by atoms with Crippen LogP contribution in [0.1, 0.15) is 45.7 Å². The Labute approximate surface area is 117 Å². The molecule has 2 nitrogen and oxygen atoms in total. The van der Waals surface area contributed by atoms with Gasteiger partial charge in [0.1, 0.15) is 0 Å². The summed E-state index contributed by atoms with van der Waals surface area (Å²) in [4.78, 5) is 0.993. The van der Waals surface area contributed by atoms with Crippen LogP contribution in [0, 0.1) is 6.92 Å². The van der Waals surface area contributed by atoms with E-state index in [1.165, 1.54) is 11.1 Å². The minimum atomic E-state index is -0.290. The normalized spacial score (nSPS) is 12.7. The van der Waals surface area contributed by atoms with E-state index in [9.17, 15) is 0 Å². The van der Waals surface area contributed by atoms with Crippen molar-refractivity contribution in [3.05, 3.63) is 23.3 Å². The Morgan fingerprint density at radius 1 is 1.11 bits per heavy atom. The van der Waals surface area contributed by atoms with Crippen molar-refractivity contribution in [2.75, 3.05) is 12.4 Å². The van der Waals surface area contributed by atoms with Crippen LogP contribution in [0.25, 0.3) is 0 Å². The second-order valence-electron chi connectivity index (χ2n) is 6.22. The predicted molar refractivity (Wildman–Crippen MR) is 81.8 cm³/mol. The van der Waals surface area contributed by atoms with Crippen molar-refractivity contribution in [2.24, 2.45) is 0 Å². The molecule has 102 valence electrons. The van der Waals surface area contributed by atoms with Crippen molar-refractivity contribution in [1.82, 2.24) is 0 Å². The van der Waals surface area contributed by atoms with Crippen LogP contribution < -0.4 is 5.32 Å². The van der Waals surface area contributed by atoms with Crippen LogP contribution in [0.15, 0.2) is 17.0 Å². The summed E-state index contributed by atoms with van der Waals surface area (Å²) in [5, 5.41) is 3.47. The zero-order valence-electron chi connectivity index (χ0n) is 12.5. The van der Waals surface area contributed by atoms with Crippen molar-refractivity contribution >= 4 is 18.3 Å². The number of benzene rings is 1. The van der Waals surface area contributed by atoms with Gasteiger partial charge in [-0.2, -0.15) is 0 Å². The Hall–Kier alpha value is -0.670. The number of hydrogen-bond acceptors (Lipinski definition) is 3. The zero-order chi connectivity index (χ0) is 14.1. The molecule has 1 aromatic carbocycles. The quantitative estimate of drug-likeness (QED) is 0.793. The molecule has 0 spiro atoms. The molecule has 0 aliphatic rings. The highest BCUT2D eigenvalue weighted by Gasteiger charge is 2.24. The number of thiol groups is 1. The smallest absolute Gasteiger partial charge is 0.0874 e. The highest BCUT2D eigenvalue weighted by molar-refractivity contribution is 7.80. The Morgan fingerprint density at radius 2 is 1.67 bits per heavy atom. The van der Waals surface area contributed by atoms with Crippen molar-refractivity contribution in [2.45, 2.75) is 57.6 Å². The molecule has 1 rings (SSSR count). The molecule has 1 aromatic rings. The van der Waals surface area contributed by atoms with E-state index in [0.717, 1.165) is 10.6 Å². The van der Waals surface area contributed by atoms with E-state index in [0.29, 0.717) is 0 Å². The van der Waals surface area contributed by atoms with Gasteiger partial charge in [0.25, 0.3) is 0 Å². The fourth-order valence-electron chi connectivity index (χ4n) is 1.97. The first-order valence-corrected chi connectivity index (χ1v) is 6.69. The molecule has 0 aromatic heterocycles. The maximum atomic E-state index is 5.55. The lowest BCUT2D eigenvalue weighted by atomic mass is 9.92. The summed E-state index contributed by atoms with van der Waals surface area (Å²) in [5.74, 6) is 0. The summed E-state index contributed by atoms with van der Waals surface area (Å²) in [7, 11) is 1.74. The molecule has 0 saturated heterocycles. The molecule has 0 saturated carbocycles. The molecular formula is C15H25NOS. The first-order valence-electron chi connectivity index (χ1n) is 6.25. The van der Waals surface area contributed by atoms with E-state index < -0.39 is 0 Å². The second-order valence-corrected chi connectivity index (χ2v) is 6.67. The lowest BCUT2D eigenvalue weighted by molar-refractivity contribution is 0.0185. The van der Waals surface area contributed by atoms with Crippen molar-refractivity contribution in [3.63, 3.8) is 0 Å². The lowest BCUT2D eigenvalue weighted by Gasteiger charge is -2.29. The minimum absolute atomic E-state index is 0.0300. The van der Waals surface area contributed by atoms with Crippen LogP contribution in [0.3, 0.4) is 0 Å². The molecule has 0 unspecified atom stereocenters. The maximum absolute atomic E-state index is 5.55. The van der Waals surface area contributed by atoms with Gasteiger partial charge in [0.2, 0.25) is 0 Å². The fourth-order valence-corrected chi connectivity index (χ4v) is 2.22. The van der Waals surface area contributed by atoms with Crippen LogP contribution in [-0.4, -0.2) is 12.6 Å². The van der Waals surface area contributed by atoms with Gasteiger partial charge in [-0.05, 0) is 58.7 Å². The van der Waals surface area contributed by atoms with Crippen molar-refractivity contribution in [3.8, 4) is 0 Å². The largest absolute Gasteiger partial charge is 0.380 e. The third kappa shape index (κ3) is 3.42. The molecular weight excluding hydrogens is 242 g/mol. The van der Waals surface area contributed by atoms with Crippen LogP contribution >= 0.6 is 12.6 Å². The summed E-state index contributed by atoms with van der Waals surface area (Å²) >= 11 is 4.65. The Balaban J connectivity index is 3.22. The highest BCUT2D eigenvalue weighted by atomic mass is 32.1. The number of ether oxygens (including phenoxy) is 1. The summed E-state index contributed by atoms with van der Waals surface area (Å²) in [6.45, 7) is 12.7. The SMILES string of the molecule is COC(C)(C)c1ccc(NC(C)(C)C)c(S)c1C. The molecule has 0 amide bonds. The van der Waals surface area contributed by atoms with E-state index in [1.807, 2.05) is 0 Å². The monoisotopic (exact) mass is 267 g/mol. The van der Waals surface area contributed by atoms with Gasteiger partial charge < -0.3 is 10.1 Å². The third-order valence-corrected chi connectivity index (χ3v) is 3.68. The van der Waals surface area contributed by atoms with Crippen LogP contribution in [0.4, 0.5) is 5.69 Å². The standard InChI is InChI=1S/C15H25NOS/c1-10-11(15(5,6)17-7)8-9-12(13(10)18)16-14(2,3)4/h8-9,16,18H,1-7H3. The first-order chi connectivity index (χ1) is 8.08. The van der Waals surface area contributed by atoms with Crippen LogP contribution in [0.5, 0.6) is 0 Å². The van der Waals surface area contributed by atoms with Gasteiger partial charge in [0, 0.05) is 23.2 Å². The zero-order valence-corrected chi connectivity index (χ0v) is 13.4. The number of hydrogen-bond donors (Lipinski definition) is 2. The maximum Gasteiger partial charge on any atom is 0.0874 e. The summed E-state index contributed by atoms with van der Waals surface area (Å²) in [6, 6.07) is 4.20. The van der Waals surface area contributed by atoms with Gasteiger partial charge in [-0.1, -0.05) is 6.07 Å². The van der Waals surface area contributed by atoms with E-state index >= 15 is 0 Å². The molecule has 0 heterocycles. The van der Waals surface area contributed by atoms with Crippen molar-refractivity contribution < 1.29 is 4.74 Å². The first kappa shape index (κ1) is 15.4. The van der Waals surface area contributed by atoms with E-state index in [1.54, 1.807) is 7.11 Å². The van der Waals surface area contributed by atoms with Gasteiger partial charge in [0.15, 0.2) is 0 Å². The lowest BCUT2D eigenvalue weighted by Crippen LogP contribution is -2.27. The Kier molecular flexibility index (Phi) is 4.39. The van der Waals surface area contributed by atoms with Gasteiger partial charge in [-0.25, -0.2) is 0 Å². The molecule has 0 aliphatic heterocycles. The summed E-state index contributed by atoms with van der Waals surface area (Å²) < 4.78 is 5.55. The second kappa shape index (κ2) is 5.14. The predicted octanol–water partition coefficient (Wildman–Crippen LogP) is 4.38. The molecule has 3 heteroatoms. The van der Waals surface area contributed by atoms with Crippen LogP contribution in [-0.2, 0) is 10.3 Å². The van der Waals surface area contributed by atoms with Gasteiger partial charge in [-0.15, -0.1) is 12.6 Å². The summed E-state index contributed by atoms with van der Waals surface area (Å²) in [6.07, 6.45) is 0. The average molecular weight is 267 g/mol. The molecule has 1 N–H and O–H groups in total. The Morgan fingerprint density at radius 3 is 2.11 bits per heavy atom. The van der Waals surface area contributed by atoms with Crippen LogP contribution in [0.2, 0.25) is 0 Å². The third-order valence-electron chi connectivity index (χ3n) is 3.10. The number of rotatable bonds is 3. The highest BCUT2D eigenvalue weighted by Crippen LogP contribution is 2.34. The minimum Gasteiger partial charge on any atom is -0.380 e. The molecule has 0 atom stereocenters. The average Bonchev–Trinajstić information content (AvgIpc) is 2.23. The summed E-state index contributed by atoms with van der Waals surface area (Å²) in [5.41, 5.74) is 3.15. The van der Waals surface area contributed by atoms with Gasteiger partial charge in [-0.3, -0.25) is 0 Å². The molecule has 0 aliphatic carbocycles. The van der Waals surface area contributed by atoms with Crippen molar-refractivity contribution in [1.29, 1.82) is 0 Å². The molecule has 0 fully saturated rings. The molecule has 0 bridgehead atoms. The van der Waals surface area contributed by atoms with Gasteiger partial charge in [0.05, 0.1) is 5.60 Å². The molecule has 18 heavy (non-hydrogen) atoms. The Bertz CT molecular complexity index is 433. The number of methoxy groups -OCH3 is 1. The molecule has 0 radical (unpaired) electrons. The number of anilines is 1. The number of nitrogens with one attached hydrogen (secondary N) is 1. The fraction of sp³-hybridized carbons (Fsp3) is 0.600.